The van der Waals surface area contributed by atoms with E-state index >= 15 is 0 Å². The van der Waals surface area contributed by atoms with E-state index in [0.717, 1.165) is 23.4 Å². The lowest BCUT2D eigenvalue weighted by atomic mass is 10.1. The predicted molar refractivity (Wildman–Crippen MR) is 75.4 cm³/mol. The van der Waals surface area contributed by atoms with Crippen LogP contribution in [0.3, 0.4) is 0 Å². The van der Waals surface area contributed by atoms with Gasteiger partial charge in [0.05, 0.1) is 4.47 Å². The van der Waals surface area contributed by atoms with Crippen LogP contribution in [0.15, 0.2) is 16.7 Å². The highest BCUT2D eigenvalue weighted by atomic mass is 79.9. The largest absolute Gasteiger partial charge is 0.365 e. The molecule has 2 rings (SSSR count). The number of nitrogens with zero attached hydrogens (tertiary/aromatic N) is 2. The first kappa shape index (κ1) is 12.8. The van der Waals surface area contributed by atoms with Crippen molar-refractivity contribution in [1.82, 2.24) is 9.88 Å². The minimum Gasteiger partial charge on any atom is -0.365 e. The van der Waals surface area contributed by atoms with Gasteiger partial charge in [-0.2, -0.15) is 0 Å². The van der Waals surface area contributed by atoms with Crippen molar-refractivity contribution in [3.63, 3.8) is 0 Å². The number of rotatable bonds is 3. The van der Waals surface area contributed by atoms with Crippen LogP contribution in [0.25, 0.3) is 0 Å². The van der Waals surface area contributed by atoms with E-state index in [1.165, 1.54) is 24.9 Å². The molecule has 2 heterocycles. The normalized spacial score (nSPS) is 21.5. The molecule has 0 aromatic carbocycles. The summed E-state index contributed by atoms with van der Waals surface area (Å²) in [5.74, 6) is 0.980. The van der Waals surface area contributed by atoms with Gasteiger partial charge in [0.15, 0.2) is 0 Å². The molecule has 17 heavy (non-hydrogen) atoms. The van der Waals surface area contributed by atoms with Crippen LogP contribution in [0, 0.1) is 6.92 Å². The Hall–Kier alpha value is -0.610. The maximum atomic E-state index is 4.41. The van der Waals surface area contributed by atoms with Gasteiger partial charge in [0, 0.05) is 18.8 Å². The van der Waals surface area contributed by atoms with Crippen molar-refractivity contribution in [3.8, 4) is 0 Å². The number of halogens is 1. The zero-order chi connectivity index (χ0) is 12.3. The number of piperidine rings is 1. The number of pyridine rings is 1. The molecule has 1 atom stereocenters. The molecule has 1 aliphatic rings. The second kappa shape index (κ2) is 5.83. The minimum atomic E-state index is 0.522. The summed E-state index contributed by atoms with van der Waals surface area (Å²) in [5.41, 5.74) is 1.23. The van der Waals surface area contributed by atoms with Crippen LogP contribution < -0.4 is 5.32 Å². The van der Waals surface area contributed by atoms with Gasteiger partial charge in [0.25, 0.3) is 0 Å². The van der Waals surface area contributed by atoms with E-state index < -0.39 is 0 Å². The van der Waals surface area contributed by atoms with Crippen molar-refractivity contribution < 1.29 is 0 Å². The van der Waals surface area contributed by atoms with Crippen molar-refractivity contribution in [2.75, 3.05) is 25.0 Å². The molecule has 0 spiro atoms. The molecular formula is C13H20BrN3. The fourth-order valence-electron chi connectivity index (χ4n) is 2.29. The van der Waals surface area contributed by atoms with E-state index in [1.807, 2.05) is 12.3 Å². The molecule has 94 valence electrons. The van der Waals surface area contributed by atoms with Crippen LogP contribution in [0.1, 0.15) is 25.3 Å². The number of aryl methyl sites for hydroxylation is 1. The summed E-state index contributed by atoms with van der Waals surface area (Å²) in [6.07, 6.45) is 4.37. The maximum absolute atomic E-state index is 4.41. The van der Waals surface area contributed by atoms with Crippen molar-refractivity contribution in [3.05, 3.63) is 22.3 Å². The Bertz CT molecular complexity index is 381. The number of nitrogens with one attached hydrogen (secondary N) is 1. The number of aromatic nitrogens is 1. The van der Waals surface area contributed by atoms with Gasteiger partial charge in [0.1, 0.15) is 5.82 Å². The lowest BCUT2D eigenvalue weighted by Gasteiger charge is -2.32. The molecule has 1 saturated heterocycles. The van der Waals surface area contributed by atoms with Gasteiger partial charge in [-0.05, 0) is 60.4 Å². The second-order valence-electron chi connectivity index (χ2n) is 4.67. The Labute approximate surface area is 112 Å². The summed E-state index contributed by atoms with van der Waals surface area (Å²) >= 11 is 3.60. The first-order chi connectivity index (χ1) is 8.20. The van der Waals surface area contributed by atoms with E-state index in [9.17, 15) is 0 Å². The molecule has 4 heteroatoms. The predicted octanol–water partition coefficient (Wildman–Crippen LogP) is 3.05. The summed E-state index contributed by atoms with van der Waals surface area (Å²) in [6, 6.07) is 2.54. The quantitative estimate of drug-likeness (QED) is 0.929. The van der Waals surface area contributed by atoms with Gasteiger partial charge in [-0.25, -0.2) is 4.98 Å². The van der Waals surface area contributed by atoms with Crippen molar-refractivity contribution in [2.24, 2.45) is 0 Å². The van der Waals surface area contributed by atoms with Gasteiger partial charge >= 0.3 is 0 Å². The Morgan fingerprint density at radius 2 is 2.41 bits per heavy atom. The second-order valence-corrected chi connectivity index (χ2v) is 5.46. The van der Waals surface area contributed by atoms with Crippen molar-refractivity contribution in [1.29, 1.82) is 0 Å². The Morgan fingerprint density at radius 3 is 3.18 bits per heavy atom. The molecule has 1 fully saturated rings. The van der Waals surface area contributed by atoms with E-state index in [2.05, 4.69) is 45.0 Å². The number of likely N-dealkylation sites (N-methyl/N-ethyl adjacent to an activating group) is 1. The zero-order valence-corrected chi connectivity index (χ0v) is 12.1. The molecular weight excluding hydrogens is 278 g/mol. The molecule has 1 unspecified atom stereocenters. The highest BCUT2D eigenvalue weighted by molar-refractivity contribution is 9.10. The third-order valence-corrected chi connectivity index (χ3v) is 4.38. The highest BCUT2D eigenvalue weighted by Gasteiger charge is 2.19. The smallest absolute Gasteiger partial charge is 0.140 e. The summed E-state index contributed by atoms with van der Waals surface area (Å²) in [7, 11) is 0. The van der Waals surface area contributed by atoms with Crippen LogP contribution in [-0.4, -0.2) is 35.6 Å². The number of anilines is 1. The molecule has 0 aliphatic carbocycles. The van der Waals surface area contributed by atoms with Gasteiger partial charge in [0.2, 0.25) is 0 Å². The van der Waals surface area contributed by atoms with Crippen LogP contribution in [-0.2, 0) is 0 Å². The Balaban J connectivity index is 2.02. The van der Waals surface area contributed by atoms with Crippen LogP contribution in [0.5, 0.6) is 0 Å². The molecule has 1 N–H and O–H groups in total. The molecule has 0 bridgehead atoms. The average molecular weight is 298 g/mol. The topological polar surface area (TPSA) is 28.2 Å². The summed E-state index contributed by atoms with van der Waals surface area (Å²) in [4.78, 5) is 6.90. The molecule has 3 nitrogen and oxygen atoms in total. The van der Waals surface area contributed by atoms with Gasteiger partial charge < -0.3 is 10.2 Å². The number of hydrogen-bond donors (Lipinski definition) is 1. The molecule has 1 aliphatic heterocycles. The summed E-state index contributed by atoms with van der Waals surface area (Å²) in [6.45, 7) is 7.82. The SMILES string of the molecule is CCN1CCCC(Nc2nccc(C)c2Br)C1. The van der Waals surface area contributed by atoms with Crippen LogP contribution in [0.2, 0.25) is 0 Å². The fourth-order valence-corrected chi connectivity index (χ4v) is 2.64. The van der Waals surface area contributed by atoms with Crippen molar-refractivity contribution >= 4 is 21.7 Å². The first-order valence-corrected chi connectivity index (χ1v) is 7.10. The van der Waals surface area contributed by atoms with Gasteiger partial charge in [-0.1, -0.05) is 6.92 Å². The van der Waals surface area contributed by atoms with E-state index in [-0.39, 0.29) is 0 Å². The lowest BCUT2D eigenvalue weighted by Crippen LogP contribution is -2.42. The molecule has 0 radical (unpaired) electrons. The standard InChI is InChI=1S/C13H20BrN3/c1-3-17-8-4-5-11(9-17)16-13-12(14)10(2)6-7-15-13/h6-7,11H,3-5,8-9H2,1-2H3,(H,15,16). The zero-order valence-electron chi connectivity index (χ0n) is 10.5. The maximum Gasteiger partial charge on any atom is 0.140 e. The Morgan fingerprint density at radius 1 is 1.59 bits per heavy atom. The molecule has 1 aromatic heterocycles. The van der Waals surface area contributed by atoms with Crippen molar-refractivity contribution in [2.45, 2.75) is 32.7 Å². The molecule has 0 saturated carbocycles. The van der Waals surface area contributed by atoms with Crippen LogP contribution >= 0.6 is 15.9 Å². The molecule has 1 aromatic rings. The average Bonchev–Trinajstić information content (AvgIpc) is 2.35. The minimum absolute atomic E-state index is 0.522. The summed E-state index contributed by atoms with van der Waals surface area (Å²) in [5, 5.41) is 3.55. The Kier molecular flexibility index (Phi) is 4.40. The van der Waals surface area contributed by atoms with Gasteiger partial charge in [-0.15, -0.1) is 0 Å². The summed E-state index contributed by atoms with van der Waals surface area (Å²) < 4.78 is 1.09. The van der Waals surface area contributed by atoms with E-state index in [4.69, 9.17) is 0 Å². The van der Waals surface area contributed by atoms with Gasteiger partial charge in [-0.3, -0.25) is 0 Å². The third kappa shape index (κ3) is 3.19. The first-order valence-electron chi connectivity index (χ1n) is 6.30. The fraction of sp³-hybridized carbons (Fsp3) is 0.615. The number of likely N-dealkylation sites (tertiary alicyclic amines) is 1. The lowest BCUT2D eigenvalue weighted by molar-refractivity contribution is 0.226. The highest BCUT2D eigenvalue weighted by Crippen LogP contribution is 2.25. The van der Waals surface area contributed by atoms with E-state index in [1.54, 1.807) is 0 Å². The van der Waals surface area contributed by atoms with Crippen LogP contribution in [0.4, 0.5) is 5.82 Å². The molecule has 0 amide bonds. The van der Waals surface area contributed by atoms with E-state index in [0.29, 0.717) is 6.04 Å². The third-order valence-electron chi connectivity index (χ3n) is 3.38. The monoisotopic (exact) mass is 297 g/mol. The number of hydrogen-bond acceptors (Lipinski definition) is 3.